The Balaban J connectivity index is 1.12. The van der Waals surface area contributed by atoms with Gasteiger partial charge in [0.2, 0.25) is 0 Å². The zero-order valence-electron chi connectivity index (χ0n) is 34.0. The lowest BCUT2D eigenvalue weighted by molar-refractivity contribution is 0.685. The van der Waals surface area contributed by atoms with Crippen LogP contribution in [-0.4, -0.2) is 0 Å². The molecular formula is C58H49N. The number of hydrogen-bond acceptors (Lipinski definition) is 1. The molecule has 59 heavy (non-hydrogen) atoms. The summed E-state index contributed by atoms with van der Waals surface area (Å²) in [6.07, 6.45) is 13.9. The van der Waals surface area contributed by atoms with E-state index < -0.39 is 0 Å². The van der Waals surface area contributed by atoms with Gasteiger partial charge >= 0.3 is 0 Å². The van der Waals surface area contributed by atoms with E-state index in [0.717, 1.165) is 24.1 Å². The summed E-state index contributed by atoms with van der Waals surface area (Å²) in [4.78, 5) is 2.46. The third kappa shape index (κ3) is 8.38. The smallest absolute Gasteiger partial charge is 0.0540 e. The summed E-state index contributed by atoms with van der Waals surface area (Å²) >= 11 is 0. The summed E-state index contributed by atoms with van der Waals surface area (Å²) in [6.45, 7) is 4.28. The molecule has 0 atom stereocenters. The lowest BCUT2D eigenvalue weighted by atomic mass is 9.91. The largest absolute Gasteiger partial charge is 0.310 e. The van der Waals surface area contributed by atoms with Crippen LogP contribution in [0.15, 0.2) is 200 Å². The molecule has 0 heterocycles. The van der Waals surface area contributed by atoms with Gasteiger partial charge in [0.1, 0.15) is 0 Å². The van der Waals surface area contributed by atoms with Gasteiger partial charge in [-0.05, 0) is 137 Å². The maximum absolute atomic E-state index is 2.46. The number of allylic oxidation sites excluding steroid dienone is 2. The molecule has 0 saturated heterocycles. The average molecular weight is 760 g/mol. The second kappa shape index (κ2) is 17.3. The summed E-state index contributed by atoms with van der Waals surface area (Å²) in [5.41, 5.74) is 18.6. The molecule has 0 amide bonds. The zero-order valence-corrected chi connectivity index (χ0v) is 34.0. The number of nitrogens with zero attached hydrogens (tertiary/aromatic N) is 1. The van der Waals surface area contributed by atoms with Crippen LogP contribution in [0.3, 0.4) is 0 Å². The van der Waals surface area contributed by atoms with E-state index in [-0.39, 0.29) is 0 Å². The normalized spacial score (nSPS) is 12.2. The quantitative estimate of drug-likeness (QED) is 0.0991. The standard InChI is InChI=1S/C58H49N/c1-42-24-30-49(31-25-42)54(50-32-26-43(2)27-33-50)23-13-20-48-35-39-58(56-22-12-11-21-55(48)56)59(53-38-34-45-14-9-10-19-51(45)41-53)52-36-28-44(29-37-52)40-57(46-15-5-3-6-16-46)47-17-7-4-8-18-47/h3-8,11-13,15-18,20-41H,9-10,14,19H2,1-2H3. The Bertz CT molecular complexity index is 2700. The van der Waals surface area contributed by atoms with E-state index in [2.05, 4.69) is 231 Å². The van der Waals surface area contributed by atoms with E-state index in [4.69, 9.17) is 0 Å². The van der Waals surface area contributed by atoms with Gasteiger partial charge in [0.25, 0.3) is 0 Å². The first-order valence-electron chi connectivity index (χ1n) is 21.0. The molecule has 1 aliphatic rings. The van der Waals surface area contributed by atoms with Crippen LogP contribution >= 0.6 is 0 Å². The van der Waals surface area contributed by atoms with Crippen LogP contribution in [0, 0.1) is 13.8 Å². The van der Waals surface area contributed by atoms with Crippen molar-refractivity contribution in [1.29, 1.82) is 0 Å². The van der Waals surface area contributed by atoms with E-state index >= 15 is 0 Å². The van der Waals surface area contributed by atoms with Crippen molar-refractivity contribution in [3.05, 3.63) is 256 Å². The van der Waals surface area contributed by atoms with Crippen molar-refractivity contribution in [1.82, 2.24) is 0 Å². The van der Waals surface area contributed by atoms with Crippen LogP contribution in [0.4, 0.5) is 17.1 Å². The van der Waals surface area contributed by atoms with Crippen molar-refractivity contribution < 1.29 is 0 Å². The maximum Gasteiger partial charge on any atom is 0.0540 e. The third-order valence-corrected chi connectivity index (χ3v) is 11.7. The van der Waals surface area contributed by atoms with E-state index in [9.17, 15) is 0 Å². The second-order valence-electron chi connectivity index (χ2n) is 15.8. The molecule has 0 aromatic heterocycles. The fraction of sp³-hybridized carbons (Fsp3) is 0.103. The summed E-state index contributed by atoms with van der Waals surface area (Å²) in [7, 11) is 0. The van der Waals surface area contributed by atoms with Crippen LogP contribution in [0.25, 0.3) is 34.1 Å². The number of benzene rings is 8. The number of fused-ring (bicyclic) bond motifs is 2. The Morgan fingerprint density at radius 1 is 0.458 bits per heavy atom. The monoisotopic (exact) mass is 759 g/mol. The molecule has 0 spiro atoms. The van der Waals surface area contributed by atoms with Crippen LogP contribution in [0.2, 0.25) is 0 Å². The molecule has 0 radical (unpaired) electrons. The lowest BCUT2D eigenvalue weighted by Crippen LogP contribution is -2.12. The fourth-order valence-electron chi connectivity index (χ4n) is 8.46. The fourth-order valence-corrected chi connectivity index (χ4v) is 8.46. The molecule has 0 bridgehead atoms. The number of anilines is 3. The molecule has 286 valence electrons. The summed E-state index contributed by atoms with van der Waals surface area (Å²) in [6, 6.07) is 68.7. The highest BCUT2D eigenvalue weighted by atomic mass is 15.1. The minimum Gasteiger partial charge on any atom is -0.310 e. The predicted octanol–water partition coefficient (Wildman–Crippen LogP) is 15.5. The first-order chi connectivity index (χ1) is 29.1. The van der Waals surface area contributed by atoms with Gasteiger partial charge in [-0.2, -0.15) is 0 Å². The van der Waals surface area contributed by atoms with Crippen LogP contribution in [0.1, 0.15) is 68.5 Å². The minimum absolute atomic E-state index is 1.13. The molecule has 0 aliphatic heterocycles. The molecular weight excluding hydrogens is 711 g/mol. The maximum atomic E-state index is 2.46. The Kier molecular flexibility index (Phi) is 11.0. The van der Waals surface area contributed by atoms with Crippen LogP contribution in [0.5, 0.6) is 0 Å². The van der Waals surface area contributed by atoms with Gasteiger partial charge in [-0.15, -0.1) is 0 Å². The lowest BCUT2D eigenvalue weighted by Gasteiger charge is -2.29. The predicted molar refractivity (Wildman–Crippen MR) is 254 cm³/mol. The molecule has 1 heteroatoms. The van der Waals surface area contributed by atoms with Gasteiger partial charge in [-0.25, -0.2) is 0 Å². The second-order valence-corrected chi connectivity index (χ2v) is 15.8. The highest BCUT2D eigenvalue weighted by Gasteiger charge is 2.19. The molecule has 0 saturated carbocycles. The Morgan fingerprint density at radius 2 is 1.00 bits per heavy atom. The van der Waals surface area contributed by atoms with Gasteiger partial charge in [-0.1, -0.05) is 187 Å². The Hall–Kier alpha value is -6.96. The van der Waals surface area contributed by atoms with Crippen molar-refractivity contribution in [3.63, 3.8) is 0 Å². The van der Waals surface area contributed by atoms with Crippen LogP contribution < -0.4 is 4.90 Å². The molecule has 0 fully saturated rings. The molecule has 1 nitrogen and oxygen atoms in total. The molecule has 8 aromatic carbocycles. The zero-order chi connectivity index (χ0) is 40.0. The van der Waals surface area contributed by atoms with E-state index in [1.54, 1.807) is 0 Å². The number of aryl methyl sites for hydroxylation is 4. The van der Waals surface area contributed by atoms with Crippen molar-refractivity contribution in [2.24, 2.45) is 0 Å². The molecule has 8 aromatic rings. The highest BCUT2D eigenvalue weighted by Crippen LogP contribution is 2.42. The molecule has 0 N–H and O–H groups in total. The third-order valence-electron chi connectivity index (χ3n) is 11.7. The van der Waals surface area contributed by atoms with Crippen LogP contribution in [-0.2, 0) is 12.8 Å². The highest BCUT2D eigenvalue weighted by molar-refractivity contribution is 6.03. The summed E-state index contributed by atoms with van der Waals surface area (Å²) in [5, 5.41) is 2.44. The first-order valence-corrected chi connectivity index (χ1v) is 21.0. The summed E-state index contributed by atoms with van der Waals surface area (Å²) in [5.74, 6) is 0. The number of hydrogen-bond donors (Lipinski definition) is 0. The van der Waals surface area contributed by atoms with Crippen molar-refractivity contribution in [3.8, 4) is 0 Å². The molecule has 1 aliphatic carbocycles. The van der Waals surface area contributed by atoms with Crippen molar-refractivity contribution >= 4 is 51.1 Å². The van der Waals surface area contributed by atoms with E-state index in [1.807, 2.05) is 0 Å². The van der Waals surface area contributed by atoms with Gasteiger partial charge in [0, 0.05) is 16.8 Å². The Morgan fingerprint density at radius 3 is 1.63 bits per heavy atom. The SMILES string of the molecule is Cc1ccc(C(=CC=Cc2ccc(N(c3ccc(C=C(c4ccccc4)c4ccccc4)cc3)c3ccc4c(c3)CCCC4)c3ccccc23)c2ccc(C)cc2)cc1. The van der Waals surface area contributed by atoms with Gasteiger partial charge in [0.05, 0.1) is 5.69 Å². The van der Waals surface area contributed by atoms with Gasteiger partial charge < -0.3 is 4.90 Å². The average Bonchev–Trinajstić information content (AvgIpc) is 3.29. The van der Waals surface area contributed by atoms with E-state index in [1.165, 1.54) is 96.2 Å². The topological polar surface area (TPSA) is 3.24 Å². The number of rotatable bonds is 10. The summed E-state index contributed by atoms with van der Waals surface area (Å²) < 4.78 is 0. The van der Waals surface area contributed by atoms with Gasteiger partial charge in [0.15, 0.2) is 0 Å². The molecule has 0 unspecified atom stereocenters. The van der Waals surface area contributed by atoms with Gasteiger partial charge in [-0.3, -0.25) is 0 Å². The first kappa shape index (κ1) is 37.6. The molecule has 9 rings (SSSR count). The van der Waals surface area contributed by atoms with Crippen molar-refractivity contribution in [2.45, 2.75) is 39.5 Å². The van der Waals surface area contributed by atoms with Crippen molar-refractivity contribution in [2.75, 3.05) is 4.90 Å². The Labute approximate surface area is 350 Å². The minimum atomic E-state index is 1.13. The van der Waals surface area contributed by atoms with E-state index in [0.29, 0.717) is 0 Å².